The molecule has 1 atom stereocenters. The van der Waals surface area contributed by atoms with Crippen molar-refractivity contribution in [3.05, 3.63) is 89.7 Å². The van der Waals surface area contributed by atoms with Crippen molar-refractivity contribution in [3.8, 4) is 11.5 Å². The van der Waals surface area contributed by atoms with E-state index in [2.05, 4.69) is 5.32 Å². The molecule has 46 heavy (non-hydrogen) atoms. The Kier molecular flexibility index (Phi) is 11.2. The molecule has 0 radical (unpaired) electrons. The molecule has 3 aromatic rings. The molecule has 9 nitrogen and oxygen atoms in total. The second-order valence-corrected chi connectivity index (χ2v) is 13.9. The third kappa shape index (κ3) is 8.99. The lowest BCUT2D eigenvalue weighted by Gasteiger charge is -2.34. The number of anilines is 1. The van der Waals surface area contributed by atoms with E-state index in [9.17, 15) is 22.4 Å². The number of nitrogens with one attached hydrogen (secondary N) is 1. The molecule has 1 heterocycles. The van der Waals surface area contributed by atoms with E-state index < -0.39 is 21.9 Å². The quantitative estimate of drug-likeness (QED) is 0.272. The monoisotopic (exact) mass is 651 g/mol. The third-order valence-electron chi connectivity index (χ3n) is 8.45. The topological polar surface area (TPSA) is 105 Å². The summed E-state index contributed by atoms with van der Waals surface area (Å²) in [7, 11) is -3.69. The lowest BCUT2D eigenvalue weighted by molar-refractivity contribution is -0.141. The molecule has 0 bridgehead atoms. The van der Waals surface area contributed by atoms with Crippen LogP contribution in [0.2, 0.25) is 0 Å². The first-order chi connectivity index (χ1) is 22.2. The fourth-order valence-corrected chi connectivity index (χ4v) is 7.03. The highest BCUT2D eigenvalue weighted by atomic mass is 32.2. The molecule has 2 aliphatic rings. The van der Waals surface area contributed by atoms with E-state index >= 15 is 0 Å². The largest absolute Gasteiger partial charge is 0.486 e. The number of rotatable bonds is 13. The summed E-state index contributed by atoms with van der Waals surface area (Å²) in [5.41, 5.74) is 2.01. The number of ether oxygens (including phenoxy) is 2. The van der Waals surface area contributed by atoms with E-state index in [1.807, 2.05) is 30.3 Å². The zero-order valence-electron chi connectivity index (χ0n) is 26.2. The maximum atomic E-state index is 14.1. The van der Waals surface area contributed by atoms with Gasteiger partial charge in [0.15, 0.2) is 11.5 Å². The van der Waals surface area contributed by atoms with Gasteiger partial charge in [-0.05, 0) is 54.7 Å². The normalized spacial score (nSPS) is 15.5. The second kappa shape index (κ2) is 15.4. The van der Waals surface area contributed by atoms with Crippen LogP contribution in [0.3, 0.4) is 0 Å². The summed E-state index contributed by atoms with van der Waals surface area (Å²) in [5.74, 6) is 0.107. The molecular formula is C35H42FN3O6S. The maximum Gasteiger partial charge on any atom is 0.243 e. The number of carbonyl (C=O) groups is 2. The smallest absolute Gasteiger partial charge is 0.243 e. The van der Waals surface area contributed by atoms with Crippen LogP contribution in [0.1, 0.15) is 56.1 Å². The number of hydrogen-bond donors (Lipinski definition) is 1. The van der Waals surface area contributed by atoms with Crippen LogP contribution in [0.5, 0.6) is 11.5 Å². The number of sulfonamides is 1. The highest BCUT2D eigenvalue weighted by molar-refractivity contribution is 7.92. The molecule has 0 aromatic heterocycles. The lowest BCUT2D eigenvalue weighted by atomic mass is 9.94. The molecular weight excluding hydrogens is 609 g/mol. The minimum Gasteiger partial charge on any atom is -0.486 e. The van der Waals surface area contributed by atoms with Crippen LogP contribution >= 0.6 is 0 Å². The number of benzene rings is 3. The highest BCUT2D eigenvalue weighted by Crippen LogP contribution is 2.35. The van der Waals surface area contributed by atoms with Gasteiger partial charge >= 0.3 is 0 Å². The number of fused-ring (bicyclic) bond motifs is 1. The van der Waals surface area contributed by atoms with Gasteiger partial charge in [0.1, 0.15) is 25.1 Å². The first-order valence-electron chi connectivity index (χ1n) is 15.9. The third-order valence-corrected chi connectivity index (χ3v) is 9.65. The van der Waals surface area contributed by atoms with E-state index in [0.717, 1.165) is 43.9 Å². The van der Waals surface area contributed by atoms with Gasteiger partial charge in [-0.25, -0.2) is 12.8 Å². The van der Waals surface area contributed by atoms with Gasteiger partial charge in [0.05, 0.1) is 11.9 Å². The molecule has 1 aliphatic carbocycles. The Hall–Kier alpha value is -4.12. The molecule has 1 fully saturated rings. The van der Waals surface area contributed by atoms with Crippen LogP contribution in [0.15, 0.2) is 72.8 Å². The van der Waals surface area contributed by atoms with Gasteiger partial charge in [-0.1, -0.05) is 61.7 Å². The number of hydrogen-bond acceptors (Lipinski definition) is 6. The average molecular weight is 652 g/mol. The number of carbonyl (C=O) groups excluding carboxylic acids is 2. The molecule has 1 aliphatic heterocycles. The number of nitrogens with zero attached hydrogens (tertiary/aromatic N) is 2. The molecule has 0 spiro atoms. The summed E-state index contributed by atoms with van der Waals surface area (Å²) in [6.45, 7) is 0.938. The van der Waals surface area contributed by atoms with Crippen LogP contribution < -0.4 is 19.1 Å². The Morgan fingerprint density at radius 2 is 1.61 bits per heavy atom. The Morgan fingerprint density at radius 3 is 2.30 bits per heavy atom. The molecule has 1 saturated carbocycles. The van der Waals surface area contributed by atoms with Crippen molar-refractivity contribution < 1.29 is 31.9 Å². The van der Waals surface area contributed by atoms with Crippen LogP contribution in [0.4, 0.5) is 10.1 Å². The predicted molar refractivity (Wildman–Crippen MR) is 175 cm³/mol. The van der Waals surface area contributed by atoms with E-state index in [4.69, 9.17) is 9.47 Å². The van der Waals surface area contributed by atoms with Gasteiger partial charge in [0, 0.05) is 38.0 Å². The Morgan fingerprint density at radius 1 is 0.913 bits per heavy atom. The molecule has 11 heteroatoms. The van der Waals surface area contributed by atoms with E-state index in [1.165, 1.54) is 16.4 Å². The fraction of sp³-hybridized carbons (Fsp3) is 0.429. The molecule has 2 amide bonds. The van der Waals surface area contributed by atoms with Crippen LogP contribution in [-0.4, -0.2) is 63.2 Å². The molecule has 1 N–H and O–H groups in total. The molecule has 5 rings (SSSR count). The van der Waals surface area contributed by atoms with E-state index in [1.54, 1.807) is 35.2 Å². The van der Waals surface area contributed by atoms with Gasteiger partial charge in [-0.15, -0.1) is 0 Å². The van der Waals surface area contributed by atoms with Crippen LogP contribution in [-0.2, 0) is 32.6 Å². The Balaban J connectivity index is 1.37. The van der Waals surface area contributed by atoms with E-state index in [-0.39, 0.29) is 43.8 Å². The highest BCUT2D eigenvalue weighted by Gasteiger charge is 2.32. The molecule has 0 saturated heterocycles. The summed E-state index contributed by atoms with van der Waals surface area (Å²) in [6, 6.07) is 19.7. The summed E-state index contributed by atoms with van der Waals surface area (Å²) in [5, 5.41) is 3.21. The van der Waals surface area contributed by atoms with Crippen molar-refractivity contribution in [1.82, 2.24) is 10.2 Å². The molecule has 246 valence electrons. The van der Waals surface area contributed by atoms with Gasteiger partial charge in [-0.2, -0.15) is 0 Å². The minimum absolute atomic E-state index is 0.000233. The summed E-state index contributed by atoms with van der Waals surface area (Å²) < 4.78 is 51.9. The summed E-state index contributed by atoms with van der Waals surface area (Å²) in [4.78, 5) is 29.6. The zero-order chi connectivity index (χ0) is 32.5. The van der Waals surface area contributed by atoms with Gasteiger partial charge in [0.25, 0.3) is 0 Å². The maximum absolute atomic E-state index is 14.1. The Labute approximate surface area is 270 Å². The van der Waals surface area contributed by atoms with Crippen LogP contribution in [0, 0.1) is 5.82 Å². The fourth-order valence-electron chi connectivity index (χ4n) is 6.08. The first-order valence-corrected chi connectivity index (χ1v) is 17.8. The molecule has 0 unspecified atom stereocenters. The van der Waals surface area contributed by atoms with Crippen molar-refractivity contribution in [1.29, 1.82) is 0 Å². The predicted octanol–water partition coefficient (Wildman–Crippen LogP) is 5.23. The van der Waals surface area contributed by atoms with Crippen molar-refractivity contribution in [2.24, 2.45) is 0 Å². The van der Waals surface area contributed by atoms with Crippen molar-refractivity contribution >= 4 is 27.5 Å². The standard InChI is InChI=1S/C35H42FN3O6S/c1-46(42,43)39(30-18-19-32-33(24-30)45-22-21-44-32)20-8-13-34(40)38(25-27-14-16-28(36)17-15-27)31(23-26-9-4-2-5-10-26)35(41)37-29-11-6-3-7-12-29/h2,4-5,9-10,14-19,24,29,31H,3,6-8,11-13,20-23,25H2,1H3,(H,37,41)/t31-/m1/s1. The number of halogens is 1. The van der Waals surface area contributed by atoms with E-state index in [0.29, 0.717) is 42.4 Å². The summed E-state index contributed by atoms with van der Waals surface area (Å²) >= 11 is 0. The lowest BCUT2D eigenvalue weighted by Crippen LogP contribution is -2.52. The average Bonchev–Trinajstić information content (AvgIpc) is 3.05. The van der Waals surface area contributed by atoms with Gasteiger partial charge in [-0.3, -0.25) is 13.9 Å². The zero-order valence-corrected chi connectivity index (χ0v) is 27.0. The first kappa shape index (κ1) is 33.2. The van der Waals surface area contributed by atoms with Crippen LogP contribution in [0.25, 0.3) is 0 Å². The number of amides is 2. The summed E-state index contributed by atoms with van der Waals surface area (Å²) in [6.07, 6.45) is 6.68. The minimum atomic E-state index is -3.69. The van der Waals surface area contributed by atoms with Crippen molar-refractivity contribution in [3.63, 3.8) is 0 Å². The van der Waals surface area contributed by atoms with Crippen molar-refractivity contribution in [2.45, 2.75) is 70.0 Å². The molecule has 3 aromatic carbocycles. The SMILES string of the molecule is CS(=O)(=O)N(CCCC(=O)N(Cc1ccc(F)cc1)[C@H](Cc1ccccc1)C(=O)NC1CCCCC1)c1ccc2c(c1)OCCO2. The van der Waals surface area contributed by atoms with Gasteiger partial charge < -0.3 is 19.7 Å². The van der Waals surface area contributed by atoms with Gasteiger partial charge in [0.2, 0.25) is 21.8 Å². The second-order valence-electron chi connectivity index (χ2n) is 12.0. The van der Waals surface area contributed by atoms with Crippen molar-refractivity contribution in [2.75, 3.05) is 30.3 Å². The Bertz CT molecular complexity index is 1580.